The average Bonchev–Trinajstić information content (AvgIpc) is 2.09. The molecule has 0 bridgehead atoms. The van der Waals surface area contributed by atoms with Gasteiger partial charge in [-0.3, -0.25) is 4.90 Å². The van der Waals surface area contributed by atoms with Gasteiger partial charge in [0.05, 0.1) is 0 Å². The molecule has 1 heterocycles. The highest BCUT2D eigenvalue weighted by molar-refractivity contribution is 4.84. The van der Waals surface area contributed by atoms with Crippen LogP contribution in [0.4, 0.5) is 0 Å². The fourth-order valence-corrected chi connectivity index (χ4v) is 2.16. The van der Waals surface area contributed by atoms with E-state index in [-0.39, 0.29) is 0 Å². The summed E-state index contributed by atoms with van der Waals surface area (Å²) in [4.78, 5) is 2.52. The molecule has 3 nitrogen and oxygen atoms in total. The second-order valence-corrected chi connectivity index (χ2v) is 4.82. The van der Waals surface area contributed by atoms with Gasteiger partial charge in [-0.15, -0.1) is 0 Å². The summed E-state index contributed by atoms with van der Waals surface area (Å²) >= 11 is 0. The first-order valence-corrected chi connectivity index (χ1v) is 5.71. The van der Waals surface area contributed by atoms with Crippen LogP contribution in [-0.2, 0) is 0 Å². The van der Waals surface area contributed by atoms with Crippen molar-refractivity contribution in [3.8, 4) is 0 Å². The van der Waals surface area contributed by atoms with E-state index in [4.69, 9.17) is 5.11 Å². The maximum Gasteiger partial charge on any atom is 0.0446 e. The van der Waals surface area contributed by atoms with Crippen LogP contribution in [0.1, 0.15) is 27.2 Å². The minimum atomic E-state index is 0.301. The van der Waals surface area contributed by atoms with E-state index in [0.29, 0.717) is 24.6 Å². The number of nitrogens with zero attached hydrogens (tertiary/aromatic N) is 1. The monoisotopic (exact) mass is 200 g/mol. The Labute approximate surface area is 87.5 Å². The zero-order valence-corrected chi connectivity index (χ0v) is 9.66. The van der Waals surface area contributed by atoms with E-state index < -0.39 is 0 Å². The summed E-state index contributed by atoms with van der Waals surface area (Å²) < 4.78 is 0. The van der Waals surface area contributed by atoms with Gasteiger partial charge in [-0.2, -0.15) is 0 Å². The Kier molecular flexibility index (Phi) is 4.85. The number of aliphatic hydroxyl groups is 1. The first kappa shape index (κ1) is 12.0. The van der Waals surface area contributed by atoms with Crippen molar-refractivity contribution in [3.63, 3.8) is 0 Å². The topological polar surface area (TPSA) is 35.5 Å². The standard InChI is InChI=1S/C11H24N2O/c1-9(2)7-13-8-10(3)12-6-11(13)4-5-14/h9-12,14H,4-8H2,1-3H3. The second kappa shape index (κ2) is 5.69. The van der Waals surface area contributed by atoms with Crippen LogP contribution in [0, 0.1) is 5.92 Å². The average molecular weight is 200 g/mol. The highest BCUT2D eigenvalue weighted by atomic mass is 16.3. The maximum atomic E-state index is 8.98. The van der Waals surface area contributed by atoms with Gasteiger partial charge in [0.15, 0.2) is 0 Å². The normalized spacial score (nSPS) is 29.8. The number of rotatable bonds is 4. The third kappa shape index (κ3) is 3.56. The number of hydrogen-bond donors (Lipinski definition) is 2. The fraction of sp³-hybridized carbons (Fsp3) is 1.00. The molecule has 0 aromatic carbocycles. The summed E-state index contributed by atoms with van der Waals surface area (Å²) in [5.41, 5.74) is 0. The van der Waals surface area contributed by atoms with Gasteiger partial charge < -0.3 is 10.4 Å². The van der Waals surface area contributed by atoms with Crippen molar-refractivity contribution in [3.05, 3.63) is 0 Å². The van der Waals surface area contributed by atoms with Gasteiger partial charge in [0, 0.05) is 38.3 Å². The Morgan fingerprint density at radius 2 is 2.21 bits per heavy atom. The molecule has 84 valence electrons. The van der Waals surface area contributed by atoms with Crippen LogP contribution in [0.5, 0.6) is 0 Å². The largest absolute Gasteiger partial charge is 0.396 e. The van der Waals surface area contributed by atoms with Crippen molar-refractivity contribution in [1.29, 1.82) is 0 Å². The van der Waals surface area contributed by atoms with Crippen LogP contribution >= 0.6 is 0 Å². The Hall–Kier alpha value is -0.120. The number of hydrogen-bond acceptors (Lipinski definition) is 3. The fourth-order valence-electron chi connectivity index (χ4n) is 2.16. The quantitative estimate of drug-likeness (QED) is 0.701. The lowest BCUT2D eigenvalue weighted by Crippen LogP contribution is -2.56. The molecule has 1 aliphatic heterocycles. The van der Waals surface area contributed by atoms with Crippen LogP contribution in [-0.4, -0.2) is 48.3 Å². The summed E-state index contributed by atoms with van der Waals surface area (Å²) in [6, 6.07) is 1.11. The lowest BCUT2D eigenvalue weighted by Gasteiger charge is -2.40. The first-order chi connectivity index (χ1) is 6.63. The molecule has 0 aliphatic carbocycles. The molecular weight excluding hydrogens is 176 g/mol. The third-order valence-electron chi connectivity index (χ3n) is 2.79. The molecule has 2 atom stereocenters. The van der Waals surface area contributed by atoms with E-state index >= 15 is 0 Å². The molecule has 1 aliphatic rings. The van der Waals surface area contributed by atoms with Crippen molar-refractivity contribution < 1.29 is 5.11 Å². The molecule has 0 spiro atoms. The lowest BCUT2D eigenvalue weighted by molar-refractivity contribution is 0.0987. The van der Waals surface area contributed by atoms with E-state index in [2.05, 4.69) is 31.0 Å². The molecule has 3 heteroatoms. The van der Waals surface area contributed by atoms with Crippen LogP contribution < -0.4 is 5.32 Å². The smallest absolute Gasteiger partial charge is 0.0446 e. The van der Waals surface area contributed by atoms with E-state index in [1.807, 2.05) is 0 Å². The van der Waals surface area contributed by atoms with Crippen molar-refractivity contribution in [2.75, 3.05) is 26.2 Å². The molecule has 0 aromatic rings. The molecule has 1 saturated heterocycles. The van der Waals surface area contributed by atoms with E-state index in [0.717, 1.165) is 26.1 Å². The molecule has 2 N–H and O–H groups in total. The SMILES string of the molecule is CC(C)CN1CC(C)NCC1CCO. The number of piperazine rings is 1. The summed E-state index contributed by atoms with van der Waals surface area (Å²) in [6.07, 6.45) is 0.895. The van der Waals surface area contributed by atoms with E-state index in [9.17, 15) is 0 Å². The van der Waals surface area contributed by atoms with E-state index in [1.165, 1.54) is 0 Å². The van der Waals surface area contributed by atoms with Gasteiger partial charge in [-0.05, 0) is 19.3 Å². The molecule has 0 amide bonds. The lowest BCUT2D eigenvalue weighted by atomic mass is 10.0. The molecule has 2 unspecified atom stereocenters. The second-order valence-electron chi connectivity index (χ2n) is 4.82. The van der Waals surface area contributed by atoms with Crippen molar-refractivity contribution in [2.45, 2.75) is 39.3 Å². The maximum absolute atomic E-state index is 8.98. The number of aliphatic hydroxyl groups excluding tert-OH is 1. The van der Waals surface area contributed by atoms with Crippen LogP contribution in [0.15, 0.2) is 0 Å². The van der Waals surface area contributed by atoms with Gasteiger partial charge in [-0.1, -0.05) is 13.8 Å². The minimum absolute atomic E-state index is 0.301. The Balaban J connectivity index is 2.45. The van der Waals surface area contributed by atoms with Gasteiger partial charge in [-0.25, -0.2) is 0 Å². The van der Waals surface area contributed by atoms with Gasteiger partial charge in [0.2, 0.25) is 0 Å². The van der Waals surface area contributed by atoms with Crippen molar-refractivity contribution in [1.82, 2.24) is 10.2 Å². The molecule has 1 fully saturated rings. The van der Waals surface area contributed by atoms with Gasteiger partial charge in [0.25, 0.3) is 0 Å². The highest BCUT2D eigenvalue weighted by Gasteiger charge is 2.25. The summed E-state index contributed by atoms with van der Waals surface area (Å²) in [5, 5.41) is 12.4. The summed E-state index contributed by atoms with van der Waals surface area (Å²) in [5.74, 6) is 0.710. The predicted molar refractivity (Wildman–Crippen MR) is 59.4 cm³/mol. The highest BCUT2D eigenvalue weighted by Crippen LogP contribution is 2.12. The predicted octanol–water partition coefficient (Wildman–Crippen LogP) is 0.687. The number of nitrogens with one attached hydrogen (secondary N) is 1. The van der Waals surface area contributed by atoms with Crippen molar-refractivity contribution in [2.24, 2.45) is 5.92 Å². The third-order valence-corrected chi connectivity index (χ3v) is 2.79. The zero-order chi connectivity index (χ0) is 10.6. The van der Waals surface area contributed by atoms with Crippen LogP contribution in [0.25, 0.3) is 0 Å². The molecule has 0 aromatic heterocycles. The zero-order valence-electron chi connectivity index (χ0n) is 9.66. The molecule has 0 saturated carbocycles. The minimum Gasteiger partial charge on any atom is -0.396 e. The van der Waals surface area contributed by atoms with Crippen LogP contribution in [0.3, 0.4) is 0 Å². The van der Waals surface area contributed by atoms with Gasteiger partial charge >= 0.3 is 0 Å². The Morgan fingerprint density at radius 3 is 2.79 bits per heavy atom. The Morgan fingerprint density at radius 1 is 1.50 bits per heavy atom. The molecular formula is C11H24N2O. The first-order valence-electron chi connectivity index (χ1n) is 5.71. The molecule has 1 rings (SSSR count). The van der Waals surface area contributed by atoms with Gasteiger partial charge in [0.1, 0.15) is 0 Å². The summed E-state index contributed by atoms with van der Waals surface area (Å²) in [7, 11) is 0. The van der Waals surface area contributed by atoms with E-state index in [1.54, 1.807) is 0 Å². The Bertz CT molecular complexity index is 159. The van der Waals surface area contributed by atoms with Crippen LogP contribution in [0.2, 0.25) is 0 Å². The van der Waals surface area contributed by atoms with Crippen molar-refractivity contribution >= 4 is 0 Å². The molecule has 0 radical (unpaired) electrons. The molecule has 14 heavy (non-hydrogen) atoms. The summed E-state index contributed by atoms with van der Waals surface area (Å²) in [6.45, 7) is 10.3.